The van der Waals surface area contributed by atoms with E-state index in [1.54, 1.807) is 0 Å². The van der Waals surface area contributed by atoms with Crippen LogP contribution in [0.2, 0.25) is 0 Å². The maximum absolute atomic E-state index is 13.1. The van der Waals surface area contributed by atoms with E-state index in [2.05, 4.69) is 22.5 Å². The van der Waals surface area contributed by atoms with Gasteiger partial charge in [0, 0.05) is 24.7 Å². The second-order valence-electron chi connectivity index (χ2n) is 5.88. The molecule has 23 heavy (non-hydrogen) atoms. The number of likely N-dealkylation sites (tertiary alicyclic amines) is 1. The molecule has 0 radical (unpaired) electrons. The zero-order chi connectivity index (χ0) is 16.7. The lowest BCUT2D eigenvalue weighted by Gasteiger charge is -2.32. The van der Waals surface area contributed by atoms with Crippen LogP contribution in [0, 0.1) is 5.82 Å². The lowest BCUT2D eigenvalue weighted by molar-refractivity contribution is -0.121. The first-order chi connectivity index (χ1) is 11.1. The highest BCUT2D eigenvalue weighted by molar-refractivity contribution is 5.96. The Morgan fingerprint density at radius 3 is 2.70 bits per heavy atom. The Hall–Kier alpha value is -1.95. The third kappa shape index (κ3) is 5.63. The molecular weight excluding hydrogens is 297 g/mol. The van der Waals surface area contributed by atoms with Gasteiger partial charge < -0.3 is 15.5 Å². The maximum Gasteiger partial charge on any atom is 0.251 e. The summed E-state index contributed by atoms with van der Waals surface area (Å²) in [6.45, 7) is 5.16. The molecule has 1 aromatic carbocycles. The summed E-state index contributed by atoms with van der Waals surface area (Å²) in [6, 6.07) is 5.57. The van der Waals surface area contributed by atoms with Crippen molar-refractivity contribution in [3.8, 4) is 0 Å². The fourth-order valence-electron chi connectivity index (χ4n) is 2.79. The van der Waals surface area contributed by atoms with Gasteiger partial charge in [0.15, 0.2) is 0 Å². The summed E-state index contributed by atoms with van der Waals surface area (Å²) in [7, 11) is 0. The molecule has 0 unspecified atom stereocenters. The van der Waals surface area contributed by atoms with E-state index in [0.29, 0.717) is 0 Å². The lowest BCUT2D eigenvalue weighted by atomic mass is 10.0. The number of benzene rings is 1. The number of halogens is 1. The molecule has 0 saturated carbocycles. The summed E-state index contributed by atoms with van der Waals surface area (Å²) >= 11 is 0. The molecule has 1 aromatic rings. The summed E-state index contributed by atoms with van der Waals surface area (Å²) in [6.07, 6.45) is 3.01. The van der Waals surface area contributed by atoms with E-state index in [-0.39, 0.29) is 24.1 Å². The highest BCUT2D eigenvalue weighted by Crippen LogP contribution is 2.10. The fraction of sp³-hybridized carbons (Fsp3) is 0.529. The van der Waals surface area contributed by atoms with Crippen molar-refractivity contribution in [1.29, 1.82) is 0 Å². The summed E-state index contributed by atoms with van der Waals surface area (Å²) in [5, 5.41) is 5.46. The first kappa shape index (κ1) is 17.4. The zero-order valence-corrected chi connectivity index (χ0v) is 13.5. The topological polar surface area (TPSA) is 61.4 Å². The van der Waals surface area contributed by atoms with E-state index < -0.39 is 11.7 Å². The van der Waals surface area contributed by atoms with Gasteiger partial charge in [-0.25, -0.2) is 4.39 Å². The van der Waals surface area contributed by atoms with Gasteiger partial charge in [-0.3, -0.25) is 9.59 Å². The highest BCUT2D eigenvalue weighted by Gasteiger charge is 2.20. The van der Waals surface area contributed by atoms with Gasteiger partial charge in [0.2, 0.25) is 5.91 Å². The molecule has 2 amide bonds. The number of piperidine rings is 1. The smallest absolute Gasteiger partial charge is 0.251 e. The van der Waals surface area contributed by atoms with Crippen molar-refractivity contribution in [1.82, 2.24) is 15.5 Å². The van der Waals surface area contributed by atoms with Crippen molar-refractivity contribution >= 4 is 11.8 Å². The van der Waals surface area contributed by atoms with Crippen LogP contribution in [0.4, 0.5) is 4.39 Å². The number of nitrogens with zero attached hydrogens (tertiary/aromatic N) is 1. The van der Waals surface area contributed by atoms with Crippen molar-refractivity contribution < 1.29 is 14.0 Å². The molecule has 5 nitrogen and oxygen atoms in total. The Labute approximate surface area is 136 Å². The predicted molar refractivity (Wildman–Crippen MR) is 86.6 cm³/mol. The van der Waals surface area contributed by atoms with Gasteiger partial charge in [-0.05, 0) is 44.0 Å². The molecule has 126 valence electrons. The normalized spacial score (nSPS) is 16.1. The molecule has 1 aliphatic rings. The average molecular weight is 321 g/mol. The fourth-order valence-corrected chi connectivity index (χ4v) is 2.79. The number of hydrogen-bond acceptors (Lipinski definition) is 3. The summed E-state index contributed by atoms with van der Waals surface area (Å²) in [5.74, 6) is -1.12. The van der Waals surface area contributed by atoms with Gasteiger partial charge >= 0.3 is 0 Å². The van der Waals surface area contributed by atoms with Gasteiger partial charge in [0.05, 0.1) is 6.54 Å². The van der Waals surface area contributed by atoms with E-state index in [1.807, 2.05) is 0 Å². The third-order valence-corrected chi connectivity index (χ3v) is 3.99. The van der Waals surface area contributed by atoms with Crippen molar-refractivity contribution in [2.24, 2.45) is 0 Å². The van der Waals surface area contributed by atoms with Crippen molar-refractivity contribution in [2.75, 3.05) is 26.2 Å². The van der Waals surface area contributed by atoms with Crippen LogP contribution in [0.15, 0.2) is 24.3 Å². The molecule has 6 heteroatoms. The summed E-state index contributed by atoms with van der Waals surface area (Å²) in [5.41, 5.74) is 0.214. The van der Waals surface area contributed by atoms with Crippen LogP contribution in [0.25, 0.3) is 0 Å². The number of hydrogen-bond donors (Lipinski definition) is 2. The van der Waals surface area contributed by atoms with Crippen LogP contribution >= 0.6 is 0 Å². The van der Waals surface area contributed by atoms with Crippen LogP contribution < -0.4 is 10.6 Å². The van der Waals surface area contributed by atoms with Crippen molar-refractivity contribution in [3.63, 3.8) is 0 Å². The molecule has 1 aliphatic heterocycles. The number of carbonyl (C=O) groups is 2. The second-order valence-corrected chi connectivity index (χ2v) is 5.88. The minimum atomic E-state index is -0.471. The Kier molecular flexibility index (Phi) is 6.52. The van der Waals surface area contributed by atoms with Crippen molar-refractivity contribution in [2.45, 2.75) is 32.2 Å². The lowest BCUT2D eigenvalue weighted by Crippen LogP contribution is -2.47. The van der Waals surface area contributed by atoms with Gasteiger partial charge in [-0.1, -0.05) is 13.0 Å². The van der Waals surface area contributed by atoms with Gasteiger partial charge in [0.1, 0.15) is 5.82 Å². The largest absolute Gasteiger partial charge is 0.352 e. The highest BCUT2D eigenvalue weighted by atomic mass is 19.1. The molecule has 1 saturated heterocycles. The van der Waals surface area contributed by atoms with E-state index >= 15 is 0 Å². The summed E-state index contributed by atoms with van der Waals surface area (Å²) in [4.78, 5) is 26.1. The van der Waals surface area contributed by atoms with Gasteiger partial charge in [0.25, 0.3) is 5.91 Å². The van der Waals surface area contributed by atoms with E-state index in [1.165, 1.54) is 18.2 Å². The Morgan fingerprint density at radius 1 is 1.30 bits per heavy atom. The molecule has 0 atom stereocenters. The minimum Gasteiger partial charge on any atom is -0.352 e. The molecule has 0 aromatic heterocycles. The summed E-state index contributed by atoms with van der Waals surface area (Å²) < 4.78 is 13.1. The third-order valence-electron chi connectivity index (χ3n) is 3.99. The molecule has 2 rings (SSSR count). The first-order valence-corrected chi connectivity index (χ1v) is 8.14. The Bertz CT molecular complexity index is 542. The average Bonchev–Trinajstić information content (AvgIpc) is 2.55. The molecule has 1 fully saturated rings. The minimum absolute atomic E-state index is 0.0927. The molecule has 1 heterocycles. The van der Waals surface area contributed by atoms with E-state index in [0.717, 1.165) is 45.0 Å². The maximum atomic E-state index is 13.1. The molecule has 0 spiro atoms. The molecule has 0 bridgehead atoms. The van der Waals surface area contributed by atoms with Crippen molar-refractivity contribution in [3.05, 3.63) is 35.6 Å². The molecule has 2 N–H and O–H groups in total. The Morgan fingerprint density at radius 2 is 2.04 bits per heavy atom. The molecule has 0 aliphatic carbocycles. The standard InChI is InChI=1S/C17H24FN3O2/c1-2-8-21-9-6-15(7-10-21)20-16(22)12-19-17(23)13-4-3-5-14(18)11-13/h3-5,11,15H,2,6-10,12H2,1H3,(H,19,23)(H,20,22). The number of nitrogens with one attached hydrogen (secondary N) is 2. The van der Waals surface area contributed by atoms with E-state index in [4.69, 9.17) is 0 Å². The van der Waals surface area contributed by atoms with Crippen LogP contribution in [0.3, 0.4) is 0 Å². The van der Waals surface area contributed by atoms with Gasteiger partial charge in [-0.15, -0.1) is 0 Å². The number of carbonyl (C=O) groups excluding carboxylic acids is 2. The first-order valence-electron chi connectivity index (χ1n) is 8.14. The zero-order valence-electron chi connectivity index (χ0n) is 13.5. The van der Waals surface area contributed by atoms with E-state index in [9.17, 15) is 14.0 Å². The quantitative estimate of drug-likeness (QED) is 0.836. The number of rotatable bonds is 6. The monoisotopic (exact) mass is 321 g/mol. The number of amides is 2. The van der Waals surface area contributed by atoms with Crippen LogP contribution in [0.1, 0.15) is 36.5 Å². The van der Waals surface area contributed by atoms with Crippen LogP contribution in [-0.2, 0) is 4.79 Å². The van der Waals surface area contributed by atoms with Gasteiger partial charge in [-0.2, -0.15) is 0 Å². The van der Waals surface area contributed by atoms with Crippen LogP contribution in [-0.4, -0.2) is 48.9 Å². The second kappa shape index (κ2) is 8.62. The van der Waals surface area contributed by atoms with Crippen LogP contribution in [0.5, 0.6) is 0 Å². The predicted octanol–water partition coefficient (Wildman–Crippen LogP) is 1.55. The SMILES string of the molecule is CCCN1CCC(NC(=O)CNC(=O)c2cccc(F)c2)CC1. The Balaban J connectivity index is 1.70. The molecular formula is C17H24FN3O2.